The van der Waals surface area contributed by atoms with Crippen molar-refractivity contribution in [2.45, 2.75) is 77.2 Å². The largest absolute Gasteiger partial charge is 0.305 e. The number of nitrogens with zero attached hydrogens (tertiary/aromatic N) is 1. The molecule has 0 radical (unpaired) electrons. The molecule has 118 valence electrons. The molecule has 21 heavy (non-hydrogen) atoms. The second-order valence-corrected chi connectivity index (χ2v) is 8.29. The molecule has 2 aliphatic carbocycles. The van der Waals surface area contributed by atoms with Crippen LogP contribution in [0.3, 0.4) is 0 Å². The summed E-state index contributed by atoms with van der Waals surface area (Å²) in [6, 6.07) is 0. The lowest BCUT2D eigenvalue weighted by Gasteiger charge is -2.41. The van der Waals surface area contributed by atoms with Gasteiger partial charge in [-0.15, -0.1) is 11.3 Å². The second-order valence-electron chi connectivity index (χ2n) is 7.43. The van der Waals surface area contributed by atoms with E-state index in [1.165, 1.54) is 55.6 Å². The summed E-state index contributed by atoms with van der Waals surface area (Å²) >= 11 is 1.89. The molecule has 0 spiro atoms. The van der Waals surface area contributed by atoms with Gasteiger partial charge in [0.05, 0.1) is 11.2 Å². The lowest BCUT2D eigenvalue weighted by Crippen LogP contribution is -2.46. The molecule has 2 saturated carbocycles. The summed E-state index contributed by atoms with van der Waals surface area (Å²) in [5.41, 5.74) is 1.46. The third-order valence-corrected chi connectivity index (χ3v) is 6.38. The minimum atomic E-state index is 0.180. The van der Waals surface area contributed by atoms with Gasteiger partial charge in [-0.05, 0) is 56.4 Å². The highest BCUT2D eigenvalue weighted by Crippen LogP contribution is 2.50. The van der Waals surface area contributed by atoms with E-state index in [2.05, 4.69) is 31.5 Å². The van der Waals surface area contributed by atoms with Gasteiger partial charge in [0, 0.05) is 5.38 Å². The molecule has 0 amide bonds. The van der Waals surface area contributed by atoms with Gasteiger partial charge in [-0.25, -0.2) is 4.98 Å². The van der Waals surface area contributed by atoms with Crippen LogP contribution in [0.2, 0.25) is 0 Å². The molecule has 0 aromatic carbocycles. The Hall–Kier alpha value is -0.410. The van der Waals surface area contributed by atoms with Gasteiger partial charge in [0.15, 0.2) is 0 Å². The fourth-order valence-corrected chi connectivity index (χ4v) is 5.05. The van der Waals surface area contributed by atoms with Crippen LogP contribution in [0.1, 0.15) is 82.3 Å². The van der Waals surface area contributed by atoms with Crippen molar-refractivity contribution in [2.75, 3.05) is 6.54 Å². The first-order valence-electron chi connectivity index (χ1n) is 8.85. The Morgan fingerprint density at radius 3 is 2.76 bits per heavy atom. The molecule has 3 heteroatoms. The van der Waals surface area contributed by atoms with Gasteiger partial charge < -0.3 is 5.32 Å². The Labute approximate surface area is 133 Å². The minimum Gasteiger partial charge on any atom is -0.305 e. The number of rotatable bonds is 6. The molecule has 2 fully saturated rings. The van der Waals surface area contributed by atoms with Crippen LogP contribution < -0.4 is 5.32 Å². The molecule has 2 nitrogen and oxygen atoms in total. The molecular formula is C18H30N2S. The highest BCUT2D eigenvalue weighted by Gasteiger charge is 2.44. The smallest absolute Gasteiger partial charge is 0.113 e. The van der Waals surface area contributed by atoms with E-state index in [1.807, 2.05) is 11.3 Å². The molecule has 3 rings (SSSR count). The summed E-state index contributed by atoms with van der Waals surface area (Å²) in [4.78, 5) is 5.03. The first-order chi connectivity index (χ1) is 10.1. The Kier molecular flexibility index (Phi) is 4.70. The Balaban J connectivity index is 1.83. The van der Waals surface area contributed by atoms with Crippen molar-refractivity contribution < 1.29 is 0 Å². The topological polar surface area (TPSA) is 24.9 Å². The standard InChI is InChI=1S/C18H30N2S/c1-4-10-19-18(17-20-16(12-21-17)13(2)3)9-5-6-15(11-18)14-7-8-14/h12-15,19H,4-11H2,1-3H3. The van der Waals surface area contributed by atoms with E-state index in [-0.39, 0.29) is 5.54 Å². The fourth-order valence-electron chi connectivity index (χ4n) is 3.85. The lowest BCUT2D eigenvalue weighted by atomic mass is 9.74. The van der Waals surface area contributed by atoms with Gasteiger partial charge >= 0.3 is 0 Å². The molecule has 2 unspecified atom stereocenters. The molecule has 0 aliphatic heterocycles. The molecule has 1 N–H and O–H groups in total. The van der Waals surface area contributed by atoms with Crippen LogP contribution in [0.25, 0.3) is 0 Å². The zero-order chi connectivity index (χ0) is 14.9. The molecule has 1 aromatic heterocycles. The van der Waals surface area contributed by atoms with E-state index >= 15 is 0 Å². The van der Waals surface area contributed by atoms with Crippen molar-refractivity contribution in [3.8, 4) is 0 Å². The Morgan fingerprint density at radius 2 is 2.14 bits per heavy atom. The van der Waals surface area contributed by atoms with E-state index in [0.29, 0.717) is 5.92 Å². The fraction of sp³-hybridized carbons (Fsp3) is 0.833. The average Bonchev–Trinajstić information content (AvgIpc) is 3.21. The van der Waals surface area contributed by atoms with Crippen molar-refractivity contribution in [1.29, 1.82) is 0 Å². The van der Waals surface area contributed by atoms with Crippen LogP contribution in [-0.4, -0.2) is 11.5 Å². The normalized spacial score (nSPS) is 30.0. The predicted octanol–water partition coefficient (Wildman–Crippen LogP) is 5.06. The van der Waals surface area contributed by atoms with Gasteiger partial charge in [-0.2, -0.15) is 0 Å². The van der Waals surface area contributed by atoms with Gasteiger partial charge in [0.2, 0.25) is 0 Å². The summed E-state index contributed by atoms with van der Waals surface area (Å²) in [5.74, 6) is 2.51. The van der Waals surface area contributed by atoms with Crippen LogP contribution in [0.15, 0.2) is 5.38 Å². The molecule has 0 bridgehead atoms. The maximum absolute atomic E-state index is 5.03. The van der Waals surface area contributed by atoms with Crippen molar-refractivity contribution in [3.05, 3.63) is 16.1 Å². The van der Waals surface area contributed by atoms with E-state index in [1.54, 1.807) is 0 Å². The van der Waals surface area contributed by atoms with Crippen molar-refractivity contribution in [2.24, 2.45) is 11.8 Å². The van der Waals surface area contributed by atoms with E-state index in [0.717, 1.165) is 18.4 Å². The van der Waals surface area contributed by atoms with E-state index in [4.69, 9.17) is 4.98 Å². The highest BCUT2D eigenvalue weighted by atomic mass is 32.1. The summed E-state index contributed by atoms with van der Waals surface area (Å²) in [6.45, 7) is 7.88. The van der Waals surface area contributed by atoms with Crippen molar-refractivity contribution >= 4 is 11.3 Å². The predicted molar refractivity (Wildman–Crippen MR) is 90.9 cm³/mol. The molecule has 2 aliphatic rings. The molecule has 2 atom stereocenters. The molecular weight excluding hydrogens is 276 g/mol. The lowest BCUT2D eigenvalue weighted by molar-refractivity contribution is 0.163. The summed E-state index contributed by atoms with van der Waals surface area (Å²) in [6.07, 6.45) is 9.58. The average molecular weight is 307 g/mol. The summed E-state index contributed by atoms with van der Waals surface area (Å²) in [7, 11) is 0. The van der Waals surface area contributed by atoms with Crippen molar-refractivity contribution in [3.63, 3.8) is 0 Å². The molecule has 1 aromatic rings. The third-order valence-electron chi connectivity index (χ3n) is 5.31. The number of nitrogens with one attached hydrogen (secondary N) is 1. The van der Waals surface area contributed by atoms with Gasteiger partial charge in [0.1, 0.15) is 5.01 Å². The second kappa shape index (κ2) is 6.37. The van der Waals surface area contributed by atoms with Crippen molar-refractivity contribution in [1.82, 2.24) is 10.3 Å². The minimum absolute atomic E-state index is 0.180. The zero-order valence-corrected chi connectivity index (χ0v) is 14.6. The number of hydrogen-bond acceptors (Lipinski definition) is 3. The Bertz CT molecular complexity index is 464. The summed E-state index contributed by atoms with van der Waals surface area (Å²) < 4.78 is 0. The van der Waals surface area contributed by atoms with E-state index in [9.17, 15) is 0 Å². The summed E-state index contributed by atoms with van der Waals surface area (Å²) in [5, 5.41) is 7.57. The number of aromatic nitrogens is 1. The van der Waals surface area contributed by atoms with Gasteiger partial charge in [-0.3, -0.25) is 0 Å². The maximum Gasteiger partial charge on any atom is 0.113 e. The molecule has 0 saturated heterocycles. The number of hydrogen-bond donors (Lipinski definition) is 1. The molecule has 1 heterocycles. The zero-order valence-electron chi connectivity index (χ0n) is 13.8. The van der Waals surface area contributed by atoms with Crippen LogP contribution in [-0.2, 0) is 5.54 Å². The first kappa shape index (κ1) is 15.5. The first-order valence-corrected chi connectivity index (χ1v) is 9.73. The monoisotopic (exact) mass is 306 g/mol. The number of thiazole rings is 1. The SMILES string of the molecule is CCCNC1(c2nc(C(C)C)cs2)CCCC(C2CC2)C1. The van der Waals surface area contributed by atoms with Crippen LogP contribution in [0.4, 0.5) is 0 Å². The van der Waals surface area contributed by atoms with Crippen LogP contribution in [0.5, 0.6) is 0 Å². The quantitative estimate of drug-likeness (QED) is 0.794. The van der Waals surface area contributed by atoms with Gasteiger partial charge in [-0.1, -0.05) is 33.6 Å². The van der Waals surface area contributed by atoms with Crippen LogP contribution >= 0.6 is 11.3 Å². The highest BCUT2D eigenvalue weighted by molar-refractivity contribution is 7.09. The van der Waals surface area contributed by atoms with Gasteiger partial charge in [0.25, 0.3) is 0 Å². The maximum atomic E-state index is 5.03. The Morgan fingerprint density at radius 1 is 1.33 bits per heavy atom. The van der Waals surface area contributed by atoms with Crippen LogP contribution in [0, 0.1) is 11.8 Å². The third kappa shape index (κ3) is 3.34. The van der Waals surface area contributed by atoms with E-state index < -0.39 is 0 Å².